The first-order valence-corrected chi connectivity index (χ1v) is 6.56. The number of hydrogen-bond donors (Lipinski definition) is 3. The van der Waals surface area contributed by atoms with Gasteiger partial charge in [0.1, 0.15) is 11.5 Å². The molecule has 1 amide bonds. The number of nitrogens with one attached hydrogen (secondary N) is 2. The fourth-order valence-electron chi connectivity index (χ4n) is 2.08. The molecule has 2 aromatic carbocycles. The zero-order valence-corrected chi connectivity index (χ0v) is 11.5. The zero-order chi connectivity index (χ0) is 15.0. The van der Waals surface area contributed by atoms with Gasteiger partial charge in [-0.15, -0.1) is 0 Å². The van der Waals surface area contributed by atoms with Gasteiger partial charge in [-0.05, 0) is 30.3 Å². The van der Waals surface area contributed by atoms with Crippen LogP contribution in [0.5, 0.6) is 0 Å². The highest BCUT2D eigenvalue weighted by atomic mass is 35.5. The predicted octanol–water partition coefficient (Wildman–Crippen LogP) is 3.79. The van der Waals surface area contributed by atoms with Gasteiger partial charge in [0.15, 0.2) is 0 Å². The number of benzene rings is 2. The number of hydrogen-bond acceptors (Lipinski definition) is 2. The van der Waals surface area contributed by atoms with Crippen LogP contribution >= 0.6 is 11.6 Å². The van der Waals surface area contributed by atoms with Crippen molar-refractivity contribution >= 4 is 39.8 Å². The lowest BCUT2D eigenvalue weighted by Gasteiger charge is -2.06. The van der Waals surface area contributed by atoms with Crippen molar-refractivity contribution in [1.29, 1.82) is 0 Å². The summed E-state index contributed by atoms with van der Waals surface area (Å²) < 4.78 is 13.2. The van der Waals surface area contributed by atoms with Crippen molar-refractivity contribution in [2.75, 3.05) is 11.1 Å². The average molecular weight is 304 g/mol. The second-order valence-corrected chi connectivity index (χ2v) is 4.98. The molecule has 0 fully saturated rings. The molecule has 0 atom stereocenters. The minimum Gasteiger partial charge on any atom is -0.397 e. The number of para-hydroxylation sites is 1. The highest BCUT2D eigenvalue weighted by molar-refractivity contribution is 6.33. The lowest BCUT2D eigenvalue weighted by atomic mass is 10.2. The van der Waals surface area contributed by atoms with Gasteiger partial charge in [0.25, 0.3) is 5.91 Å². The number of rotatable bonds is 2. The first-order chi connectivity index (χ1) is 10.0. The van der Waals surface area contributed by atoms with E-state index in [0.717, 1.165) is 11.5 Å². The Hall–Kier alpha value is -2.53. The smallest absolute Gasteiger partial charge is 0.272 e. The number of nitrogens with two attached hydrogens (primary N) is 1. The predicted molar refractivity (Wildman–Crippen MR) is 82.1 cm³/mol. The van der Waals surface area contributed by atoms with Crippen LogP contribution < -0.4 is 11.1 Å². The van der Waals surface area contributed by atoms with Gasteiger partial charge in [-0.25, -0.2) is 4.39 Å². The van der Waals surface area contributed by atoms with Gasteiger partial charge >= 0.3 is 0 Å². The number of aromatic nitrogens is 1. The number of halogens is 2. The highest BCUT2D eigenvalue weighted by Gasteiger charge is 2.13. The van der Waals surface area contributed by atoms with Gasteiger partial charge in [-0.1, -0.05) is 23.7 Å². The molecule has 0 unspecified atom stereocenters. The Labute approximate surface area is 124 Å². The van der Waals surface area contributed by atoms with Gasteiger partial charge in [-0.2, -0.15) is 0 Å². The van der Waals surface area contributed by atoms with Crippen LogP contribution in [0.1, 0.15) is 10.5 Å². The van der Waals surface area contributed by atoms with E-state index in [2.05, 4.69) is 10.3 Å². The lowest BCUT2D eigenvalue weighted by Crippen LogP contribution is -2.12. The molecule has 0 aliphatic heterocycles. The summed E-state index contributed by atoms with van der Waals surface area (Å²) in [7, 11) is 0. The van der Waals surface area contributed by atoms with Crippen molar-refractivity contribution in [3.05, 3.63) is 59.0 Å². The minimum atomic E-state index is -0.476. The topological polar surface area (TPSA) is 70.9 Å². The van der Waals surface area contributed by atoms with E-state index in [9.17, 15) is 9.18 Å². The summed E-state index contributed by atoms with van der Waals surface area (Å²) in [6.07, 6.45) is 0. The number of nitrogen functional groups attached to an aromatic ring is 1. The van der Waals surface area contributed by atoms with E-state index >= 15 is 0 Å². The molecule has 0 radical (unpaired) electrons. The van der Waals surface area contributed by atoms with Crippen LogP contribution in [-0.4, -0.2) is 10.9 Å². The molecule has 0 saturated heterocycles. The summed E-state index contributed by atoms with van der Waals surface area (Å²) in [6.45, 7) is 0. The van der Waals surface area contributed by atoms with Crippen molar-refractivity contribution in [3.8, 4) is 0 Å². The summed E-state index contributed by atoms with van der Waals surface area (Å²) >= 11 is 5.92. The first-order valence-electron chi connectivity index (χ1n) is 6.18. The maximum Gasteiger partial charge on any atom is 0.272 e. The Kier molecular flexibility index (Phi) is 3.27. The second kappa shape index (κ2) is 5.10. The Morgan fingerprint density at radius 3 is 2.81 bits per heavy atom. The van der Waals surface area contributed by atoms with Gasteiger partial charge < -0.3 is 16.0 Å². The Bertz CT molecular complexity index is 844. The Balaban J connectivity index is 1.93. The van der Waals surface area contributed by atoms with Crippen molar-refractivity contribution in [2.45, 2.75) is 0 Å². The summed E-state index contributed by atoms with van der Waals surface area (Å²) in [5.74, 6) is -0.895. The van der Waals surface area contributed by atoms with E-state index in [1.807, 2.05) is 6.07 Å². The number of carbonyl (C=O) groups is 1. The minimum absolute atomic E-state index is 0.216. The van der Waals surface area contributed by atoms with E-state index in [4.69, 9.17) is 17.3 Å². The molecular weight excluding hydrogens is 293 g/mol. The number of amides is 1. The van der Waals surface area contributed by atoms with Crippen molar-refractivity contribution in [3.63, 3.8) is 0 Å². The van der Waals surface area contributed by atoms with Gasteiger partial charge in [0.05, 0.1) is 21.9 Å². The highest BCUT2D eigenvalue weighted by Crippen LogP contribution is 2.25. The van der Waals surface area contributed by atoms with Gasteiger partial charge in [0, 0.05) is 5.39 Å². The maximum absolute atomic E-state index is 13.2. The number of aromatic amines is 1. The Morgan fingerprint density at radius 2 is 2.05 bits per heavy atom. The molecule has 0 spiro atoms. The van der Waals surface area contributed by atoms with Crippen molar-refractivity contribution in [2.24, 2.45) is 0 Å². The summed E-state index contributed by atoms with van der Waals surface area (Å²) in [4.78, 5) is 15.1. The van der Waals surface area contributed by atoms with Crippen LogP contribution in [0.15, 0.2) is 42.5 Å². The third-order valence-electron chi connectivity index (χ3n) is 3.11. The molecule has 0 aliphatic rings. The summed E-state index contributed by atoms with van der Waals surface area (Å²) in [6, 6.07) is 10.8. The maximum atomic E-state index is 13.2. The van der Waals surface area contributed by atoms with Crippen LogP contribution in [0.2, 0.25) is 5.02 Å². The molecule has 0 bridgehead atoms. The molecule has 0 aliphatic carbocycles. The SMILES string of the molecule is Nc1cccc2cc(C(=O)Nc3cc(F)ccc3Cl)[nH]c12. The summed E-state index contributed by atoms with van der Waals surface area (Å²) in [5.41, 5.74) is 7.61. The van der Waals surface area contributed by atoms with E-state index in [0.29, 0.717) is 16.9 Å². The fourth-order valence-corrected chi connectivity index (χ4v) is 2.25. The van der Waals surface area contributed by atoms with E-state index in [1.54, 1.807) is 18.2 Å². The first kappa shape index (κ1) is 13.5. The number of H-pyrrole nitrogens is 1. The fraction of sp³-hybridized carbons (Fsp3) is 0. The molecule has 3 aromatic rings. The lowest BCUT2D eigenvalue weighted by molar-refractivity contribution is 0.102. The molecule has 1 aromatic heterocycles. The van der Waals surface area contributed by atoms with Crippen molar-refractivity contribution < 1.29 is 9.18 Å². The zero-order valence-electron chi connectivity index (χ0n) is 10.8. The average Bonchev–Trinajstić information content (AvgIpc) is 2.88. The van der Waals surface area contributed by atoms with E-state index in [-0.39, 0.29) is 10.7 Å². The third kappa shape index (κ3) is 2.55. The largest absolute Gasteiger partial charge is 0.397 e. The molecule has 3 rings (SSSR count). The van der Waals surface area contributed by atoms with Crippen LogP contribution in [0.25, 0.3) is 10.9 Å². The van der Waals surface area contributed by atoms with Crippen molar-refractivity contribution in [1.82, 2.24) is 4.98 Å². The number of carbonyl (C=O) groups excluding carboxylic acids is 1. The Morgan fingerprint density at radius 1 is 1.24 bits per heavy atom. The normalized spacial score (nSPS) is 10.8. The molecular formula is C15H11ClFN3O. The summed E-state index contributed by atoms with van der Waals surface area (Å²) in [5, 5.41) is 3.65. The van der Waals surface area contributed by atoms with Crippen LogP contribution in [0.3, 0.4) is 0 Å². The van der Waals surface area contributed by atoms with E-state index in [1.165, 1.54) is 12.1 Å². The molecule has 1 heterocycles. The second-order valence-electron chi connectivity index (χ2n) is 4.57. The molecule has 4 nitrogen and oxygen atoms in total. The molecule has 4 N–H and O–H groups in total. The standard InChI is InChI=1S/C15H11ClFN3O/c16-10-5-4-9(17)7-12(10)20-15(21)13-6-8-2-1-3-11(18)14(8)19-13/h1-7,19H,18H2,(H,20,21). The quantitative estimate of drug-likeness (QED) is 0.630. The van der Waals surface area contributed by atoms with Gasteiger partial charge in [0.2, 0.25) is 0 Å². The monoisotopic (exact) mass is 303 g/mol. The number of anilines is 2. The van der Waals surface area contributed by atoms with Crippen LogP contribution in [0.4, 0.5) is 15.8 Å². The third-order valence-corrected chi connectivity index (χ3v) is 3.44. The molecule has 0 saturated carbocycles. The van der Waals surface area contributed by atoms with Crippen LogP contribution in [-0.2, 0) is 0 Å². The molecule has 21 heavy (non-hydrogen) atoms. The van der Waals surface area contributed by atoms with E-state index < -0.39 is 11.7 Å². The molecule has 106 valence electrons. The van der Waals surface area contributed by atoms with Gasteiger partial charge in [-0.3, -0.25) is 4.79 Å². The number of fused-ring (bicyclic) bond motifs is 1. The van der Waals surface area contributed by atoms with Crippen LogP contribution in [0, 0.1) is 5.82 Å². The molecule has 6 heteroatoms.